The van der Waals surface area contributed by atoms with Gasteiger partial charge in [0.05, 0.1) is 10.7 Å². The van der Waals surface area contributed by atoms with E-state index < -0.39 is 0 Å². The third kappa shape index (κ3) is 2.60. The molecule has 4 heteroatoms. The van der Waals surface area contributed by atoms with E-state index >= 15 is 0 Å². The van der Waals surface area contributed by atoms with Crippen LogP contribution in [0.25, 0.3) is 0 Å². The van der Waals surface area contributed by atoms with E-state index in [9.17, 15) is 0 Å². The topological polar surface area (TPSA) is 28.2 Å². The summed E-state index contributed by atoms with van der Waals surface area (Å²) in [5, 5.41) is 6.92. The summed E-state index contributed by atoms with van der Waals surface area (Å²) in [4.78, 5) is 7.05. The third-order valence-electron chi connectivity index (χ3n) is 4.44. The largest absolute Gasteiger partial charge is 0.315 e. The predicted octanol–water partition coefficient (Wildman–Crippen LogP) is 2.46. The molecule has 1 N–H and O–H groups in total. The van der Waals surface area contributed by atoms with Crippen molar-refractivity contribution in [3.05, 3.63) is 16.1 Å². The molecule has 1 atom stereocenters. The van der Waals surface area contributed by atoms with Crippen LogP contribution in [0.5, 0.6) is 0 Å². The van der Waals surface area contributed by atoms with Crippen LogP contribution in [0.3, 0.4) is 0 Å². The summed E-state index contributed by atoms with van der Waals surface area (Å²) in [6, 6.07) is 0.497. The van der Waals surface area contributed by atoms with Crippen LogP contribution in [0.4, 0.5) is 0 Å². The van der Waals surface area contributed by atoms with Crippen LogP contribution in [0.2, 0.25) is 0 Å². The Labute approximate surface area is 115 Å². The SMILES string of the molecule is CNC(Cc1csc(C)n1)C1(N(C)C)CCCC1. The Bertz CT molecular complexity index is 380. The number of hydrogen-bond donors (Lipinski definition) is 1. The van der Waals surface area contributed by atoms with Crippen LogP contribution >= 0.6 is 11.3 Å². The molecule has 1 fully saturated rings. The van der Waals surface area contributed by atoms with Gasteiger partial charge in [0.2, 0.25) is 0 Å². The number of aromatic nitrogens is 1. The van der Waals surface area contributed by atoms with Gasteiger partial charge in [-0.25, -0.2) is 4.98 Å². The van der Waals surface area contributed by atoms with E-state index in [1.165, 1.54) is 36.4 Å². The van der Waals surface area contributed by atoms with Crippen LogP contribution in [-0.2, 0) is 6.42 Å². The number of nitrogens with zero attached hydrogens (tertiary/aromatic N) is 2. The van der Waals surface area contributed by atoms with Crippen molar-refractivity contribution in [2.45, 2.75) is 50.6 Å². The van der Waals surface area contributed by atoms with E-state index in [-0.39, 0.29) is 0 Å². The molecular formula is C14H25N3S. The lowest BCUT2D eigenvalue weighted by Gasteiger charge is -2.43. The van der Waals surface area contributed by atoms with Crippen molar-refractivity contribution in [1.82, 2.24) is 15.2 Å². The van der Waals surface area contributed by atoms with Crippen LogP contribution in [0, 0.1) is 6.92 Å². The van der Waals surface area contributed by atoms with Gasteiger partial charge in [-0.2, -0.15) is 0 Å². The van der Waals surface area contributed by atoms with E-state index in [1.807, 2.05) is 0 Å². The number of hydrogen-bond acceptors (Lipinski definition) is 4. The van der Waals surface area contributed by atoms with E-state index in [2.05, 4.69) is 48.6 Å². The van der Waals surface area contributed by atoms with E-state index in [0.717, 1.165) is 6.42 Å². The zero-order valence-corrected chi connectivity index (χ0v) is 12.8. The van der Waals surface area contributed by atoms with Crippen LogP contribution in [-0.4, -0.2) is 42.6 Å². The zero-order valence-electron chi connectivity index (χ0n) is 12.0. The molecule has 1 aromatic rings. The lowest BCUT2D eigenvalue weighted by Crippen LogP contribution is -2.57. The predicted molar refractivity (Wildman–Crippen MR) is 78.3 cm³/mol. The van der Waals surface area contributed by atoms with E-state index in [4.69, 9.17) is 0 Å². The van der Waals surface area contributed by atoms with Gasteiger partial charge in [0.25, 0.3) is 0 Å². The summed E-state index contributed by atoms with van der Waals surface area (Å²) < 4.78 is 0. The monoisotopic (exact) mass is 267 g/mol. The normalized spacial score (nSPS) is 20.5. The molecule has 1 unspecified atom stereocenters. The number of thiazole rings is 1. The van der Waals surface area contributed by atoms with Crippen molar-refractivity contribution in [2.24, 2.45) is 0 Å². The zero-order chi connectivity index (χ0) is 13.2. The van der Waals surface area contributed by atoms with Gasteiger partial charge in [-0.05, 0) is 40.9 Å². The second-order valence-corrected chi connectivity index (χ2v) is 6.67. The molecule has 0 saturated heterocycles. The first-order chi connectivity index (χ1) is 8.58. The lowest BCUT2D eigenvalue weighted by molar-refractivity contribution is 0.108. The maximum Gasteiger partial charge on any atom is 0.0897 e. The summed E-state index contributed by atoms with van der Waals surface area (Å²) in [6.45, 7) is 2.08. The molecule has 1 saturated carbocycles. The Morgan fingerprint density at radius 2 is 2.11 bits per heavy atom. The maximum absolute atomic E-state index is 4.62. The van der Waals surface area contributed by atoms with Crippen molar-refractivity contribution < 1.29 is 0 Å². The highest BCUT2D eigenvalue weighted by Crippen LogP contribution is 2.37. The van der Waals surface area contributed by atoms with Crippen LogP contribution in [0.15, 0.2) is 5.38 Å². The molecule has 1 aromatic heterocycles. The second kappa shape index (κ2) is 5.68. The van der Waals surface area contributed by atoms with Gasteiger partial charge in [-0.3, -0.25) is 0 Å². The minimum atomic E-state index is 0.312. The molecule has 0 aromatic carbocycles. The fraction of sp³-hybridized carbons (Fsp3) is 0.786. The molecule has 1 heterocycles. The Kier molecular flexibility index (Phi) is 4.41. The number of nitrogens with one attached hydrogen (secondary N) is 1. The van der Waals surface area contributed by atoms with Crippen molar-refractivity contribution in [2.75, 3.05) is 21.1 Å². The van der Waals surface area contributed by atoms with Crippen LogP contribution < -0.4 is 5.32 Å². The summed E-state index contributed by atoms with van der Waals surface area (Å²) in [6.07, 6.45) is 6.35. The van der Waals surface area contributed by atoms with Gasteiger partial charge in [-0.15, -0.1) is 11.3 Å². The molecule has 18 heavy (non-hydrogen) atoms. The summed E-state index contributed by atoms with van der Waals surface area (Å²) in [5.74, 6) is 0. The minimum absolute atomic E-state index is 0.312. The number of aryl methyl sites for hydroxylation is 1. The van der Waals surface area contributed by atoms with Gasteiger partial charge in [0.1, 0.15) is 0 Å². The minimum Gasteiger partial charge on any atom is -0.315 e. The van der Waals surface area contributed by atoms with Gasteiger partial charge in [0, 0.05) is 23.4 Å². The average Bonchev–Trinajstić information content (AvgIpc) is 2.95. The Balaban J connectivity index is 2.16. The van der Waals surface area contributed by atoms with Gasteiger partial charge >= 0.3 is 0 Å². The lowest BCUT2D eigenvalue weighted by atomic mass is 9.84. The van der Waals surface area contributed by atoms with E-state index in [1.54, 1.807) is 11.3 Å². The van der Waals surface area contributed by atoms with Crippen molar-refractivity contribution in [3.8, 4) is 0 Å². The molecule has 1 aliphatic carbocycles. The van der Waals surface area contributed by atoms with Gasteiger partial charge in [-0.1, -0.05) is 12.8 Å². The van der Waals surface area contributed by atoms with Gasteiger partial charge in [0.15, 0.2) is 0 Å². The highest BCUT2D eigenvalue weighted by Gasteiger charge is 2.42. The molecule has 0 aliphatic heterocycles. The molecule has 0 bridgehead atoms. The first-order valence-corrected chi connectivity index (χ1v) is 7.72. The second-order valence-electron chi connectivity index (χ2n) is 5.61. The van der Waals surface area contributed by atoms with Crippen molar-refractivity contribution in [3.63, 3.8) is 0 Å². The standard InChI is InChI=1S/C14H25N3S/c1-11-16-12(10-18-11)9-13(15-2)14(17(3)4)7-5-6-8-14/h10,13,15H,5-9H2,1-4H3. The maximum atomic E-state index is 4.62. The molecule has 2 rings (SSSR count). The van der Waals surface area contributed by atoms with Crippen LogP contribution in [0.1, 0.15) is 36.4 Å². The van der Waals surface area contributed by atoms with E-state index in [0.29, 0.717) is 11.6 Å². The number of likely N-dealkylation sites (N-methyl/N-ethyl adjacent to an activating group) is 2. The first-order valence-electron chi connectivity index (χ1n) is 6.84. The van der Waals surface area contributed by atoms with Gasteiger partial charge < -0.3 is 10.2 Å². The molecule has 0 radical (unpaired) electrons. The van der Waals surface area contributed by atoms with Crippen molar-refractivity contribution >= 4 is 11.3 Å². The summed E-state index contributed by atoms with van der Waals surface area (Å²) >= 11 is 1.75. The van der Waals surface area contributed by atoms with Crippen molar-refractivity contribution in [1.29, 1.82) is 0 Å². The average molecular weight is 267 g/mol. The molecular weight excluding hydrogens is 242 g/mol. The highest BCUT2D eigenvalue weighted by molar-refractivity contribution is 7.09. The highest BCUT2D eigenvalue weighted by atomic mass is 32.1. The molecule has 1 aliphatic rings. The molecule has 0 spiro atoms. The fourth-order valence-corrected chi connectivity index (χ4v) is 3.99. The summed E-state index contributed by atoms with van der Waals surface area (Å²) in [7, 11) is 6.54. The Hall–Kier alpha value is -0.450. The third-order valence-corrected chi connectivity index (χ3v) is 5.26. The quantitative estimate of drug-likeness (QED) is 0.888. The fourth-order valence-electron chi connectivity index (χ4n) is 3.37. The smallest absolute Gasteiger partial charge is 0.0897 e. The first kappa shape index (κ1) is 14.0. The summed E-state index contributed by atoms with van der Waals surface area (Å²) in [5.41, 5.74) is 1.55. The molecule has 3 nitrogen and oxygen atoms in total. The molecule has 0 amide bonds. The Morgan fingerprint density at radius 1 is 1.44 bits per heavy atom. The molecule has 102 valence electrons. The number of rotatable bonds is 5. The Morgan fingerprint density at radius 3 is 2.56 bits per heavy atom.